The van der Waals surface area contributed by atoms with Gasteiger partial charge in [-0.25, -0.2) is 9.97 Å². The van der Waals surface area contributed by atoms with Gasteiger partial charge in [-0.3, -0.25) is 0 Å². The van der Waals surface area contributed by atoms with Crippen LogP contribution in [0.4, 0.5) is 0 Å². The number of aliphatic hydroxyl groups is 1. The number of aliphatic hydroxyl groups excluding tert-OH is 1. The average molecular weight is 166 g/mol. The van der Waals surface area contributed by atoms with Crippen LogP contribution in [-0.2, 0) is 0 Å². The van der Waals surface area contributed by atoms with Gasteiger partial charge in [0.05, 0.1) is 6.10 Å². The SMILES string of the molecule is CCC(O)C(C)c1ccncn1. The summed E-state index contributed by atoms with van der Waals surface area (Å²) in [7, 11) is 0. The highest BCUT2D eigenvalue weighted by molar-refractivity contribution is 5.06. The van der Waals surface area contributed by atoms with Crippen molar-refractivity contribution in [1.29, 1.82) is 0 Å². The molecule has 0 aromatic carbocycles. The molecule has 0 aliphatic heterocycles. The Balaban J connectivity index is 2.71. The molecule has 1 heterocycles. The fourth-order valence-electron chi connectivity index (χ4n) is 1.12. The molecular formula is C9H14N2O. The molecule has 1 N–H and O–H groups in total. The molecule has 2 unspecified atom stereocenters. The monoisotopic (exact) mass is 166 g/mol. The van der Waals surface area contributed by atoms with Crippen LogP contribution < -0.4 is 0 Å². The summed E-state index contributed by atoms with van der Waals surface area (Å²) in [6.07, 6.45) is 3.65. The van der Waals surface area contributed by atoms with Crippen LogP contribution in [0.3, 0.4) is 0 Å². The van der Waals surface area contributed by atoms with Gasteiger partial charge in [0.15, 0.2) is 0 Å². The lowest BCUT2D eigenvalue weighted by molar-refractivity contribution is 0.143. The summed E-state index contributed by atoms with van der Waals surface area (Å²) >= 11 is 0. The Labute approximate surface area is 72.5 Å². The molecule has 1 rings (SSSR count). The molecule has 1 aromatic rings. The summed E-state index contributed by atoms with van der Waals surface area (Å²) < 4.78 is 0. The van der Waals surface area contributed by atoms with Gasteiger partial charge in [0.2, 0.25) is 0 Å². The van der Waals surface area contributed by atoms with E-state index < -0.39 is 0 Å². The Morgan fingerprint density at radius 1 is 1.58 bits per heavy atom. The third kappa shape index (κ3) is 2.01. The third-order valence-corrected chi connectivity index (χ3v) is 2.07. The average Bonchev–Trinajstić information content (AvgIpc) is 2.17. The first kappa shape index (κ1) is 9.13. The van der Waals surface area contributed by atoms with E-state index in [9.17, 15) is 5.11 Å². The lowest BCUT2D eigenvalue weighted by atomic mass is 9.99. The van der Waals surface area contributed by atoms with E-state index in [1.807, 2.05) is 19.9 Å². The molecule has 0 amide bonds. The molecule has 0 radical (unpaired) electrons. The van der Waals surface area contributed by atoms with E-state index in [2.05, 4.69) is 9.97 Å². The Hall–Kier alpha value is -0.960. The first-order valence-corrected chi connectivity index (χ1v) is 4.19. The maximum absolute atomic E-state index is 9.52. The predicted molar refractivity (Wildman–Crippen MR) is 46.7 cm³/mol. The second kappa shape index (κ2) is 4.16. The van der Waals surface area contributed by atoms with Crippen molar-refractivity contribution in [3.05, 3.63) is 24.3 Å². The zero-order valence-electron chi connectivity index (χ0n) is 7.44. The van der Waals surface area contributed by atoms with Gasteiger partial charge in [-0.05, 0) is 12.5 Å². The van der Waals surface area contributed by atoms with Crippen LogP contribution in [0.1, 0.15) is 31.9 Å². The van der Waals surface area contributed by atoms with Crippen molar-refractivity contribution in [2.45, 2.75) is 32.3 Å². The van der Waals surface area contributed by atoms with Crippen molar-refractivity contribution in [3.8, 4) is 0 Å². The van der Waals surface area contributed by atoms with Crippen molar-refractivity contribution in [2.24, 2.45) is 0 Å². The summed E-state index contributed by atoms with van der Waals surface area (Å²) in [5.41, 5.74) is 0.902. The van der Waals surface area contributed by atoms with Gasteiger partial charge in [0, 0.05) is 17.8 Å². The molecule has 0 saturated carbocycles. The maximum Gasteiger partial charge on any atom is 0.115 e. The van der Waals surface area contributed by atoms with Gasteiger partial charge in [-0.15, -0.1) is 0 Å². The van der Waals surface area contributed by atoms with Crippen molar-refractivity contribution < 1.29 is 5.11 Å². The van der Waals surface area contributed by atoms with E-state index in [0.29, 0.717) is 0 Å². The highest BCUT2D eigenvalue weighted by Gasteiger charge is 2.14. The summed E-state index contributed by atoms with van der Waals surface area (Å²) in [4.78, 5) is 7.90. The lowest BCUT2D eigenvalue weighted by Gasteiger charge is -2.15. The second-order valence-corrected chi connectivity index (χ2v) is 2.90. The van der Waals surface area contributed by atoms with Crippen molar-refractivity contribution in [2.75, 3.05) is 0 Å². The number of hydrogen-bond donors (Lipinski definition) is 1. The number of aromatic nitrogens is 2. The van der Waals surface area contributed by atoms with Crippen LogP contribution in [0.5, 0.6) is 0 Å². The molecular weight excluding hydrogens is 152 g/mol. The molecule has 3 heteroatoms. The first-order chi connectivity index (χ1) is 5.75. The van der Waals surface area contributed by atoms with Crippen LogP contribution in [0, 0.1) is 0 Å². The van der Waals surface area contributed by atoms with E-state index >= 15 is 0 Å². The molecule has 0 aliphatic carbocycles. The van der Waals surface area contributed by atoms with Gasteiger partial charge in [-0.2, -0.15) is 0 Å². The molecule has 0 spiro atoms. The minimum Gasteiger partial charge on any atom is -0.392 e. The fourth-order valence-corrected chi connectivity index (χ4v) is 1.12. The molecule has 0 fully saturated rings. The Morgan fingerprint density at radius 2 is 2.33 bits per heavy atom. The van der Waals surface area contributed by atoms with Crippen LogP contribution in [0.25, 0.3) is 0 Å². The van der Waals surface area contributed by atoms with E-state index in [-0.39, 0.29) is 12.0 Å². The summed E-state index contributed by atoms with van der Waals surface area (Å²) in [6.45, 7) is 3.93. The van der Waals surface area contributed by atoms with Gasteiger partial charge in [0.25, 0.3) is 0 Å². The standard InChI is InChI=1S/C9H14N2O/c1-3-9(12)7(2)8-4-5-10-6-11-8/h4-7,9,12H,3H2,1-2H3. The van der Waals surface area contributed by atoms with E-state index in [4.69, 9.17) is 0 Å². The quantitative estimate of drug-likeness (QED) is 0.737. The number of nitrogens with zero attached hydrogens (tertiary/aromatic N) is 2. The molecule has 2 atom stereocenters. The predicted octanol–water partition coefficient (Wildman–Crippen LogP) is 1.35. The first-order valence-electron chi connectivity index (χ1n) is 4.19. The van der Waals surface area contributed by atoms with Crippen LogP contribution in [0.15, 0.2) is 18.6 Å². The number of hydrogen-bond acceptors (Lipinski definition) is 3. The molecule has 0 aliphatic rings. The summed E-state index contributed by atoms with van der Waals surface area (Å²) in [5.74, 6) is 0.0954. The van der Waals surface area contributed by atoms with Gasteiger partial charge >= 0.3 is 0 Å². The zero-order chi connectivity index (χ0) is 8.97. The second-order valence-electron chi connectivity index (χ2n) is 2.90. The molecule has 66 valence electrons. The minimum absolute atomic E-state index is 0.0954. The molecule has 0 bridgehead atoms. The van der Waals surface area contributed by atoms with E-state index in [1.165, 1.54) is 6.33 Å². The Kier molecular flexibility index (Phi) is 3.17. The van der Waals surface area contributed by atoms with Crippen molar-refractivity contribution in [3.63, 3.8) is 0 Å². The van der Waals surface area contributed by atoms with Crippen LogP contribution >= 0.6 is 0 Å². The van der Waals surface area contributed by atoms with E-state index in [1.54, 1.807) is 6.20 Å². The largest absolute Gasteiger partial charge is 0.392 e. The topological polar surface area (TPSA) is 46.0 Å². The van der Waals surface area contributed by atoms with Gasteiger partial charge < -0.3 is 5.11 Å². The highest BCUT2D eigenvalue weighted by Crippen LogP contribution is 2.17. The highest BCUT2D eigenvalue weighted by atomic mass is 16.3. The normalized spacial score (nSPS) is 15.6. The Morgan fingerprint density at radius 3 is 2.83 bits per heavy atom. The van der Waals surface area contributed by atoms with E-state index in [0.717, 1.165) is 12.1 Å². The van der Waals surface area contributed by atoms with Crippen molar-refractivity contribution >= 4 is 0 Å². The minimum atomic E-state index is -0.306. The maximum atomic E-state index is 9.52. The summed E-state index contributed by atoms with van der Waals surface area (Å²) in [6, 6.07) is 1.84. The van der Waals surface area contributed by atoms with Crippen molar-refractivity contribution in [1.82, 2.24) is 9.97 Å². The number of rotatable bonds is 3. The lowest BCUT2D eigenvalue weighted by Crippen LogP contribution is -2.15. The van der Waals surface area contributed by atoms with Crippen LogP contribution in [-0.4, -0.2) is 21.2 Å². The smallest absolute Gasteiger partial charge is 0.115 e. The summed E-state index contributed by atoms with van der Waals surface area (Å²) in [5, 5.41) is 9.52. The molecule has 1 aromatic heterocycles. The van der Waals surface area contributed by atoms with Gasteiger partial charge in [0.1, 0.15) is 6.33 Å². The molecule has 12 heavy (non-hydrogen) atoms. The molecule has 0 saturated heterocycles. The van der Waals surface area contributed by atoms with Crippen LogP contribution in [0.2, 0.25) is 0 Å². The Bertz CT molecular complexity index is 225. The van der Waals surface area contributed by atoms with Gasteiger partial charge in [-0.1, -0.05) is 13.8 Å². The zero-order valence-corrected chi connectivity index (χ0v) is 7.44. The molecule has 3 nitrogen and oxygen atoms in total. The third-order valence-electron chi connectivity index (χ3n) is 2.07. The fraction of sp³-hybridized carbons (Fsp3) is 0.556.